The second-order valence-corrected chi connectivity index (χ2v) is 8.75. The Morgan fingerprint density at radius 1 is 1.14 bits per heavy atom. The Bertz CT molecular complexity index is 1150. The SMILES string of the molecule is Cc1cc(C)n2nc(C(=O)N3CC(Cn4nc(C(C)(C)C)ccc4=O)C3)nc2n1. The van der Waals surface area contributed by atoms with Crippen LogP contribution in [-0.4, -0.2) is 53.3 Å². The number of nitrogens with zero attached hydrogens (tertiary/aromatic N) is 7. The number of aromatic nitrogens is 6. The highest BCUT2D eigenvalue weighted by Gasteiger charge is 2.34. The van der Waals surface area contributed by atoms with Gasteiger partial charge in [0.25, 0.3) is 17.2 Å². The molecule has 1 saturated heterocycles. The van der Waals surface area contributed by atoms with E-state index in [4.69, 9.17) is 0 Å². The molecule has 3 aromatic heterocycles. The van der Waals surface area contributed by atoms with Crippen LogP contribution in [0.1, 0.15) is 48.5 Å². The molecule has 0 radical (unpaired) electrons. The van der Waals surface area contributed by atoms with Crippen LogP contribution in [0.15, 0.2) is 23.0 Å². The fourth-order valence-electron chi connectivity index (χ4n) is 3.47. The second-order valence-electron chi connectivity index (χ2n) is 8.75. The number of fused-ring (bicyclic) bond motifs is 1. The minimum absolute atomic E-state index is 0.123. The van der Waals surface area contributed by atoms with E-state index in [2.05, 4.69) is 40.9 Å². The summed E-state index contributed by atoms with van der Waals surface area (Å²) >= 11 is 0. The summed E-state index contributed by atoms with van der Waals surface area (Å²) in [4.78, 5) is 35.2. The van der Waals surface area contributed by atoms with Gasteiger partial charge in [0.05, 0.1) is 12.2 Å². The molecule has 4 heterocycles. The molecule has 0 aromatic carbocycles. The van der Waals surface area contributed by atoms with Crippen LogP contribution in [0.3, 0.4) is 0 Å². The normalized spacial score (nSPS) is 15.0. The van der Waals surface area contributed by atoms with Crippen molar-refractivity contribution in [2.45, 2.75) is 46.6 Å². The molecule has 0 bridgehead atoms. The van der Waals surface area contributed by atoms with Gasteiger partial charge >= 0.3 is 0 Å². The number of hydrogen-bond donors (Lipinski definition) is 0. The van der Waals surface area contributed by atoms with Gasteiger partial charge in [-0.2, -0.15) is 10.1 Å². The molecule has 0 unspecified atom stereocenters. The summed E-state index contributed by atoms with van der Waals surface area (Å²) in [5.41, 5.74) is 2.33. The number of amides is 1. The zero-order chi connectivity index (χ0) is 20.9. The summed E-state index contributed by atoms with van der Waals surface area (Å²) in [5, 5.41) is 8.81. The molecule has 0 atom stereocenters. The van der Waals surface area contributed by atoms with Crippen LogP contribution in [-0.2, 0) is 12.0 Å². The van der Waals surface area contributed by atoms with Crippen molar-refractivity contribution in [3.63, 3.8) is 0 Å². The third kappa shape index (κ3) is 3.64. The molecular formula is C20H25N7O2. The predicted molar refractivity (Wildman–Crippen MR) is 107 cm³/mol. The second kappa shape index (κ2) is 6.75. The lowest BCUT2D eigenvalue weighted by Gasteiger charge is -2.38. The molecule has 0 saturated carbocycles. The van der Waals surface area contributed by atoms with Gasteiger partial charge in [0.15, 0.2) is 0 Å². The minimum atomic E-state index is -0.215. The molecule has 9 nitrogen and oxygen atoms in total. The number of likely N-dealkylation sites (tertiary alicyclic amines) is 1. The average molecular weight is 395 g/mol. The first-order chi connectivity index (χ1) is 13.6. The van der Waals surface area contributed by atoms with Crippen LogP contribution in [0.2, 0.25) is 0 Å². The molecule has 0 aliphatic carbocycles. The van der Waals surface area contributed by atoms with E-state index in [0.29, 0.717) is 25.4 Å². The molecule has 152 valence electrons. The highest BCUT2D eigenvalue weighted by molar-refractivity contribution is 5.91. The molecule has 1 amide bonds. The van der Waals surface area contributed by atoms with Crippen molar-refractivity contribution >= 4 is 11.7 Å². The van der Waals surface area contributed by atoms with Crippen LogP contribution in [0.4, 0.5) is 0 Å². The molecule has 29 heavy (non-hydrogen) atoms. The predicted octanol–water partition coefficient (Wildman–Crippen LogP) is 1.37. The third-order valence-corrected chi connectivity index (χ3v) is 5.12. The van der Waals surface area contributed by atoms with E-state index in [1.807, 2.05) is 19.9 Å². The topological polar surface area (TPSA) is 98.3 Å². The lowest BCUT2D eigenvalue weighted by atomic mass is 9.92. The molecule has 1 fully saturated rings. The smallest absolute Gasteiger partial charge is 0.293 e. The van der Waals surface area contributed by atoms with Crippen molar-refractivity contribution in [2.75, 3.05) is 13.1 Å². The number of carbonyl (C=O) groups is 1. The maximum Gasteiger partial charge on any atom is 0.293 e. The Morgan fingerprint density at radius 2 is 1.86 bits per heavy atom. The monoisotopic (exact) mass is 395 g/mol. The molecular weight excluding hydrogens is 370 g/mol. The van der Waals surface area contributed by atoms with E-state index in [1.54, 1.807) is 21.5 Å². The Balaban J connectivity index is 1.45. The highest BCUT2D eigenvalue weighted by atomic mass is 16.2. The van der Waals surface area contributed by atoms with E-state index in [9.17, 15) is 9.59 Å². The Labute approximate surface area is 168 Å². The van der Waals surface area contributed by atoms with Gasteiger partial charge in [-0.1, -0.05) is 20.8 Å². The number of aryl methyl sites for hydroxylation is 2. The van der Waals surface area contributed by atoms with E-state index in [-0.39, 0.29) is 28.6 Å². The highest BCUT2D eigenvalue weighted by Crippen LogP contribution is 2.21. The summed E-state index contributed by atoms with van der Waals surface area (Å²) in [6, 6.07) is 5.24. The van der Waals surface area contributed by atoms with E-state index in [1.165, 1.54) is 4.68 Å². The number of hydrogen-bond acceptors (Lipinski definition) is 6. The fourth-order valence-corrected chi connectivity index (χ4v) is 3.47. The summed E-state index contributed by atoms with van der Waals surface area (Å²) in [7, 11) is 0. The van der Waals surface area contributed by atoms with Crippen molar-refractivity contribution < 1.29 is 4.79 Å². The first-order valence-corrected chi connectivity index (χ1v) is 9.71. The molecule has 3 aromatic rings. The summed E-state index contributed by atoms with van der Waals surface area (Å²) < 4.78 is 3.09. The van der Waals surface area contributed by atoms with Crippen molar-refractivity contribution in [1.29, 1.82) is 0 Å². The number of carbonyl (C=O) groups excluding carboxylic acids is 1. The number of rotatable bonds is 3. The zero-order valence-corrected chi connectivity index (χ0v) is 17.4. The quantitative estimate of drug-likeness (QED) is 0.664. The molecule has 4 rings (SSSR count). The van der Waals surface area contributed by atoms with Gasteiger partial charge in [-0.15, -0.1) is 5.10 Å². The third-order valence-electron chi connectivity index (χ3n) is 5.12. The van der Waals surface area contributed by atoms with Gasteiger partial charge in [0.1, 0.15) is 0 Å². The lowest BCUT2D eigenvalue weighted by molar-refractivity contribution is 0.0445. The summed E-state index contributed by atoms with van der Waals surface area (Å²) in [6.45, 7) is 11.6. The minimum Gasteiger partial charge on any atom is -0.335 e. The van der Waals surface area contributed by atoms with Gasteiger partial charge in [-0.05, 0) is 26.0 Å². The molecule has 0 spiro atoms. The van der Waals surface area contributed by atoms with Crippen molar-refractivity contribution in [1.82, 2.24) is 34.3 Å². The summed E-state index contributed by atoms with van der Waals surface area (Å²) in [6.07, 6.45) is 0. The molecule has 0 N–H and O–H groups in total. The molecule has 1 aliphatic rings. The largest absolute Gasteiger partial charge is 0.335 e. The first kappa shape index (κ1) is 19.2. The van der Waals surface area contributed by atoms with Gasteiger partial charge in [0, 0.05) is 41.9 Å². The van der Waals surface area contributed by atoms with Crippen LogP contribution in [0.5, 0.6) is 0 Å². The Hall–Kier alpha value is -3.10. The van der Waals surface area contributed by atoms with Crippen molar-refractivity contribution in [3.8, 4) is 0 Å². The molecule has 1 aliphatic heterocycles. The van der Waals surface area contributed by atoms with Gasteiger partial charge in [0.2, 0.25) is 5.82 Å². The fraction of sp³-hybridized carbons (Fsp3) is 0.500. The van der Waals surface area contributed by atoms with Crippen LogP contribution in [0.25, 0.3) is 5.78 Å². The summed E-state index contributed by atoms with van der Waals surface area (Å²) in [5.74, 6) is 0.540. The maximum atomic E-state index is 12.7. The standard InChI is InChI=1S/C20H25N7O2/c1-12-8-13(2)27-19(21-12)22-17(24-27)18(29)25-9-14(10-25)11-26-16(28)7-6-15(23-26)20(3,4)5/h6-8,14H,9-11H2,1-5H3. The Kier molecular flexibility index (Phi) is 4.48. The van der Waals surface area contributed by atoms with Crippen molar-refractivity contribution in [2.24, 2.45) is 5.92 Å². The average Bonchev–Trinajstić information content (AvgIpc) is 3.02. The van der Waals surface area contributed by atoms with E-state index in [0.717, 1.165) is 17.1 Å². The van der Waals surface area contributed by atoms with E-state index < -0.39 is 0 Å². The van der Waals surface area contributed by atoms with Gasteiger partial charge in [-0.3, -0.25) is 9.59 Å². The van der Waals surface area contributed by atoms with Gasteiger partial charge in [-0.25, -0.2) is 14.2 Å². The van der Waals surface area contributed by atoms with Gasteiger partial charge < -0.3 is 4.90 Å². The zero-order valence-electron chi connectivity index (χ0n) is 17.4. The Morgan fingerprint density at radius 3 is 2.55 bits per heavy atom. The lowest BCUT2D eigenvalue weighted by Crippen LogP contribution is -2.52. The van der Waals surface area contributed by atoms with Crippen LogP contribution in [0, 0.1) is 19.8 Å². The van der Waals surface area contributed by atoms with Crippen LogP contribution < -0.4 is 5.56 Å². The van der Waals surface area contributed by atoms with Crippen LogP contribution >= 0.6 is 0 Å². The first-order valence-electron chi connectivity index (χ1n) is 9.71. The maximum absolute atomic E-state index is 12.7. The van der Waals surface area contributed by atoms with Crippen molar-refractivity contribution in [3.05, 3.63) is 51.5 Å². The molecule has 9 heteroatoms. The van der Waals surface area contributed by atoms with E-state index >= 15 is 0 Å².